The lowest BCUT2D eigenvalue weighted by Crippen LogP contribution is -2.39. The van der Waals surface area contributed by atoms with Crippen LogP contribution in [0.1, 0.15) is 42.6 Å². The van der Waals surface area contributed by atoms with Gasteiger partial charge in [0, 0.05) is 23.5 Å². The highest BCUT2D eigenvalue weighted by Crippen LogP contribution is 2.22. The Morgan fingerprint density at radius 2 is 1.71 bits per heavy atom. The van der Waals surface area contributed by atoms with Crippen molar-refractivity contribution in [2.24, 2.45) is 0 Å². The van der Waals surface area contributed by atoms with Gasteiger partial charge in [-0.1, -0.05) is 12.1 Å². The van der Waals surface area contributed by atoms with Crippen LogP contribution in [0.25, 0.3) is 6.08 Å². The summed E-state index contributed by atoms with van der Waals surface area (Å²) in [7, 11) is 1.63. The zero-order chi connectivity index (χ0) is 19.9. The number of carbonyl (C=O) groups is 1. The number of methoxy groups -OCH3 is 1. The van der Waals surface area contributed by atoms with Crippen LogP contribution in [0.2, 0.25) is 0 Å². The lowest BCUT2D eigenvalue weighted by atomic mass is 9.93. The molecule has 0 saturated heterocycles. The van der Waals surface area contributed by atoms with Crippen molar-refractivity contribution in [1.29, 1.82) is 0 Å². The van der Waals surface area contributed by atoms with Crippen molar-refractivity contribution in [2.45, 2.75) is 51.7 Å². The van der Waals surface area contributed by atoms with Crippen LogP contribution in [0, 0.1) is 13.8 Å². The standard InChI is InChI=1S/C22H27N3O3/c1-15-14-16(2)24-22(23-15)28-20-11-7-18(8-12-20)25-21(26)13-6-17-4-9-19(27-3)10-5-17/h4-6,9-10,13-14,18,20H,7-8,11-12H2,1-3H3,(H,25,26)/b13-6+. The average molecular weight is 381 g/mol. The molecule has 0 atom stereocenters. The number of nitrogens with one attached hydrogen (secondary N) is 1. The molecule has 1 amide bonds. The molecule has 0 aliphatic heterocycles. The summed E-state index contributed by atoms with van der Waals surface area (Å²) in [4.78, 5) is 20.9. The molecule has 1 aromatic carbocycles. The van der Waals surface area contributed by atoms with Crippen molar-refractivity contribution in [3.05, 3.63) is 53.4 Å². The second-order valence-corrected chi connectivity index (χ2v) is 7.14. The third-order valence-corrected chi connectivity index (χ3v) is 4.80. The highest BCUT2D eigenvalue weighted by atomic mass is 16.5. The van der Waals surface area contributed by atoms with Crippen LogP contribution < -0.4 is 14.8 Å². The summed E-state index contributed by atoms with van der Waals surface area (Å²) < 4.78 is 11.1. The predicted octanol–water partition coefficient (Wildman–Crippen LogP) is 3.62. The Morgan fingerprint density at radius 3 is 2.32 bits per heavy atom. The van der Waals surface area contributed by atoms with E-state index in [9.17, 15) is 4.79 Å². The normalized spacial score (nSPS) is 19.4. The minimum atomic E-state index is -0.0715. The van der Waals surface area contributed by atoms with E-state index in [1.807, 2.05) is 44.2 Å². The topological polar surface area (TPSA) is 73.3 Å². The minimum Gasteiger partial charge on any atom is -0.497 e. The molecule has 6 heteroatoms. The second kappa shape index (κ2) is 9.35. The van der Waals surface area contributed by atoms with E-state index in [1.165, 1.54) is 0 Å². The van der Waals surface area contributed by atoms with Crippen molar-refractivity contribution in [2.75, 3.05) is 7.11 Å². The first-order valence-electron chi connectivity index (χ1n) is 9.63. The molecule has 0 spiro atoms. The third-order valence-electron chi connectivity index (χ3n) is 4.80. The van der Waals surface area contributed by atoms with E-state index in [-0.39, 0.29) is 18.1 Å². The van der Waals surface area contributed by atoms with Gasteiger partial charge in [0.2, 0.25) is 5.91 Å². The summed E-state index contributed by atoms with van der Waals surface area (Å²) in [6.45, 7) is 3.88. The fourth-order valence-electron chi connectivity index (χ4n) is 3.36. The molecule has 1 N–H and O–H groups in total. The van der Waals surface area contributed by atoms with Gasteiger partial charge in [0.05, 0.1) is 7.11 Å². The Bertz CT molecular complexity index is 805. The van der Waals surface area contributed by atoms with Gasteiger partial charge in [-0.05, 0) is 69.4 Å². The quantitative estimate of drug-likeness (QED) is 0.774. The van der Waals surface area contributed by atoms with E-state index in [2.05, 4.69) is 15.3 Å². The zero-order valence-corrected chi connectivity index (χ0v) is 16.6. The van der Waals surface area contributed by atoms with E-state index >= 15 is 0 Å². The Morgan fingerprint density at radius 1 is 1.07 bits per heavy atom. The molecular formula is C22H27N3O3. The van der Waals surface area contributed by atoms with Gasteiger partial charge >= 0.3 is 6.01 Å². The Hall–Kier alpha value is -2.89. The number of aromatic nitrogens is 2. The van der Waals surface area contributed by atoms with Crippen molar-refractivity contribution < 1.29 is 14.3 Å². The Labute approximate surface area is 166 Å². The minimum absolute atomic E-state index is 0.0715. The maximum absolute atomic E-state index is 12.2. The van der Waals surface area contributed by atoms with Crippen molar-refractivity contribution >= 4 is 12.0 Å². The molecule has 1 aliphatic rings. The van der Waals surface area contributed by atoms with E-state index in [0.29, 0.717) is 6.01 Å². The van der Waals surface area contributed by atoms with Crippen molar-refractivity contribution in [3.63, 3.8) is 0 Å². The number of carbonyl (C=O) groups excluding carboxylic acids is 1. The number of rotatable bonds is 6. The van der Waals surface area contributed by atoms with Gasteiger partial charge in [0.15, 0.2) is 0 Å². The molecule has 1 aromatic heterocycles. The Kier molecular flexibility index (Phi) is 6.63. The number of aryl methyl sites for hydroxylation is 2. The van der Waals surface area contributed by atoms with Crippen LogP contribution in [-0.4, -0.2) is 35.1 Å². The molecule has 1 saturated carbocycles. The van der Waals surface area contributed by atoms with Crippen molar-refractivity contribution in [1.82, 2.24) is 15.3 Å². The predicted molar refractivity (Wildman–Crippen MR) is 108 cm³/mol. The van der Waals surface area contributed by atoms with Gasteiger partial charge in [0.25, 0.3) is 0 Å². The average Bonchev–Trinajstić information content (AvgIpc) is 2.67. The number of ether oxygens (including phenoxy) is 2. The van der Waals surface area contributed by atoms with Gasteiger partial charge in [-0.3, -0.25) is 4.79 Å². The Balaban J connectivity index is 1.44. The third kappa shape index (κ3) is 5.81. The SMILES string of the molecule is COc1ccc(/C=C/C(=O)NC2CCC(Oc3nc(C)cc(C)n3)CC2)cc1. The first-order valence-corrected chi connectivity index (χ1v) is 9.63. The van der Waals surface area contributed by atoms with Gasteiger partial charge < -0.3 is 14.8 Å². The number of nitrogens with zero attached hydrogens (tertiary/aromatic N) is 2. The van der Waals surface area contributed by atoms with E-state index in [1.54, 1.807) is 19.3 Å². The monoisotopic (exact) mass is 381 g/mol. The van der Waals surface area contributed by atoms with E-state index in [4.69, 9.17) is 9.47 Å². The maximum atomic E-state index is 12.2. The van der Waals surface area contributed by atoms with Gasteiger partial charge in [-0.2, -0.15) is 0 Å². The summed E-state index contributed by atoms with van der Waals surface area (Å²) >= 11 is 0. The van der Waals surface area contributed by atoms with Crippen LogP contribution in [0.5, 0.6) is 11.8 Å². The zero-order valence-electron chi connectivity index (χ0n) is 16.6. The fraction of sp³-hybridized carbons (Fsp3) is 0.409. The molecule has 6 nitrogen and oxygen atoms in total. The second-order valence-electron chi connectivity index (χ2n) is 7.14. The van der Waals surface area contributed by atoms with Gasteiger partial charge in [-0.25, -0.2) is 9.97 Å². The van der Waals surface area contributed by atoms with Crippen LogP contribution >= 0.6 is 0 Å². The highest BCUT2D eigenvalue weighted by Gasteiger charge is 2.24. The first kappa shape index (κ1) is 19.9. The van der Waals surface area contributed by atoms with Crippen molar-refractivity contribution in [3.8, 4) is 11.8 Å². The fourth-order valence-corrected chi connectivity index (χ4v) is 3.36. The largest absolute Gasteiger partial charge is 0.497 e. The van der Waals surface area contributed by atoms with E-state index < -0.39 is 0 Å². The van der Waals surface area contributed by atoms with Crippen LogP contribution in [0.15, 0.2) is 36.4 Å². The summed E-state index contributed by atoms with van der Waals surface area (Å²) in [5.74, 6) is 0.727. The number of amides is 1. The maximum Gasteiger partial charge on any atom is 0.317 e. The molecule has 1 aliphatic carbocycles. The lowest BCUT2D eigenvalue weighted by molar-refractivity contribution is -0.117. The van der Waals surface area contributed by atoms with Crippen LogP contribution in [0.4, 0.5) is 0 Å². The molecule has 1 fully saturated rings. The molecule has 3 rings (SSSR count). The van der Waals surface area contributed by atoms with Gasteiger partial charge in [-0.15, -0.1) is 0 Å². The molecule has 0 radical (unpaired) electrons. The lowest BCUT2D eigenvalue weighted by Gasteiger charge is -2.28. The number of benzene rings is 1. The summed E-state index contributed by atoms with van der Waals surface area (Å²) in [5.41, 5.74) is 2.78. The first-order chi connectivity index (χ1) is 13.5. The molecule has 0 unspecified atom stereocenters. The number of hydrogen-bond acceptors (Lipinski definition) is 5. The van der Waals surface area contributed by atoms with Gasteiger partial charge in [0.1, 0.15) is 11.9 Å². The molecule has 148 valence electrons. The molecule has 0 bridgehead atoms. The molecule has 28 heavy (non-hydrogen) atoms. The summed E-state index contributed by atoms with van der Waals surface area (Å²) in [6.07, 6.45) is 7.01. The molecular weight excluding hydrogens is 354 g/mol. The number of hydrogen-bond donors (Lipinski definition) is 1. The van der Waals surface area contributed by atoms with Crippen LogP contribution in [-0.2, 0) is 4.79 Å². The smallest absolute Gasteiger partial charge is 0.317 e. The molecule has 2 aromatic rings. The summed E-state index contributed by atoms with van der Waals surface area (Å²) in [5, 5.41) is 3.08. The molecule has 1 heterocycles. The van der Waals surface area contributed by atoms with E-state index in [0.717, 1.165) is 48.4 Å². The van der Waals surface area contributed by atoms with Crippen LogP contribution in [0.3, 0.4) is 0 Å². The summed E-state index contributed by atoms with van der Waals surface area (Å²) in [6, 6.07) is 10.1. The highest BCUT2D eigenvalue weighted by molar-refractivity contribution is 5.91.